The lowest BCUT2D eigenvalue weighted by Crippen LogP contribution is -2.47. The second kappa shape index (κ2) is 10.1. The summed E-state index contributed by atoms with van der Waals surface area (Å²) >= 11 is 0. The maximum atomic E-state index is 13.5. The maximum Gasteiger partial charge on any atom is 0.267 e. The second-order valence-corrected chi connectivity index (χ2v) is 8.48. The third kappa shape index (κ3) is 4.92. The highest BCUT2D eigenvalue weighted by Crippen LogP contribution is 2.22. The van der Waals surface area contributed by atoms with E-state index in [-0.39, 0.29) is 22.8 Å². The van der Waals surface area contributed by atoms with Crippen molar-refractivity contribution in [2.75, 3.05) is 50.8 Å². The molecule has 0 unspecified atom stereocenters. The molecular formula is C24H30N6O3. The number of fused-ring (bicyclic) bond motifs is 1. The van der Waals surface area contributed by atoms with Crippen LogP contribution in [0, 0.1) is 18.3 Å². The largest absolute Gasteiger partial charge is 0.376 e. The minimum Gasteiger partial charge on any atom is -0.376 e. The van der Waals surface area contributed by atoms with Crippen molar-refractivity contribution < 1.29 is 9.53 Å². The Morgan fingerprint density at radius 1 is 1.36 bits per heavy atom. The lowest BCUT2D eigenvalue weighted by atomic mass is 10.1. The third-order valence-corrected chi connectivity index (χ3v) is 6.35. The van der Waals surface area contributed by atoms with E-state index in [9.17, 15) is 14.9 Å². The van der Waals surface area contributed by atoms with E-state index in [1.165, 1.54) is 10.5 Å². The monoisotopic (exact) mass is 450 g/mol. The second-order valence-electron chi connectivity index (χ2n) is 8.48. The Hall–Kier alpha value is -3.22. The summed E-state index contributed by atoms with van der Waals surface area (Å²) in [7, 11) is 0. The Kier molecular flexibility index (Phi) is 7.06. The van der Waals surface area contributed by atoms with Gasteiger partial charge in [-0.2, -0.15) is 5.26 Å². The smallest absolute Gasteiger partial charge is 0.267 e. The normalized spacial score (nSPS) is 19.6. The Balaban J connectivity index is 1.72. The molecule has 0 radical (unpaired) electrons. The number of nitrogens with one attached hydrogen (secondary N) is 1. The number of pyridine rings is 1. The van der Waals surface area contributed by atoms with Crippen molar-refractivity contribution in [3.8, 4) is 6.07 Å². The van der Waals surface area contributed by atoms with Crippen molar-refractivity contribution in [1.29, 1.82) is 5.26 Å². The van der Waals surface area contributed by atoms with Crippen LogP contribution >= 0.6 is 0 Å². The van der Waals surface area contributed by atoms with Crippen LogP contribution in [0.3, 0.4) is 0 Å². The number of nitrogens with zero attached hydrogens (tertiary/aromatic N) is 5. The van der Waals surface area contributed by atoms with Gasteiger partial charge in [-0.3, -0.25) is 14.0 Å². The number of carbonyl (C=O) groups is 1. The van der Waals surface area contributed by atoms with Crippen LogP contribution in [0.15, 0.2) is 28.7 Å². The third-order valence-electron chi connectivity index (χ3n) is 6.35. The number of rotatable bonds is 6. The van der Waals surface area contributed by atoms with Crippen molar-refractivity contribution >= 4 is 23.4 Å². The lowest BCUT2D eigenvalue weighted by molar-refractivity contribution is -0.117. The summed E-state index contributed by atoms with van der Waals surface area (Å²) < 4.78 is 7.02. The molecule has 2 aliphatic heterocycles. The van der Waals surface area contributed by atoms with Crippen LogP contribution in [0.4, 0.5) is 5.82 Å². The average Bonchev–Trinajstić information content (AvgIpc) is 3.36. The van der Waals surface area contributed by atoms with Gasteiger partial charge in [0.15, 0.2) is 0 Å². The highest BCUT2D eigenvalue weighted by molar-refractivity contribution is 6.02. The van der Waals surface area contributed by atoms with Gasteiger partial charge in [0.2, 0.25) is 0 Å². The predicted molar refractivity (Wildman–Crippen MR) is 126 cm³/mol. The summed E-state index contributed by atoms with van der Waals surface area (Å²) in [6.07, 6.45) is 4.87. The van der Waals surface area contributed by atoms with Crippen LogP contribution in [0.5, 0.6) is 0 Å². The first-order chi connectivity index (χ1) is 16.0. The van der Waals surface area contributed by atoms with Gasteiger partial charge in [-0.15, -0.1) is 0 Å². The molecule has 9 heteroatoms. The molecule has 0 aliphatic carbocycles. The number of amides is 1. The first-order valence-electron chi connectivity index (χ1n) is 11.5. The van der Waals surface area contributed by atoms with E-state index < -0.39 is 5.91 Å². The molecule has 2 aromatic heterocycles. The first-order valence-corrected chi connectivity index (χ1v) is 11.5. The molecule has 2 saturated heterocycles. The summed E-state index contributed by atoms with van der Waals surface area (Å²) in [6, 6.07) is 5.67. The van der Waals surface area contributed by atoms with E-state index in [1.54, 1.807) is 12.3 Å². The van der Waals surface area contributed by atoms with Gasteiger partial charge in [0.1, 0.15) is 23.1 Å². The number of hydrogen-bond donors (Lipinski definition) is 1. The molecular weight excluding hydrogens is 420 g/mol. The number of aromatic nitrogens is 2. The van der Waals surface area contributed by atoms with E-state index in [2.05, 4.69) is 22.0 Å². The van der Waals surface area contributed by atoms with Crippen molar-refractivity contribution in [3.63, 3.8) is 0 Å². The van der Waals surface area contributed by atoms with Crippen LogP contribution in [0.25, 0.3) is 11.7 Å². The molecule has 0 bridgehead atoms. The number of aryl methyl sites for hydroxylation is 1. The SMILES string of the molecule is CCN1CCN(c2nc3c(C)cccn3c(=O)c2/C=C(\C#N)C(=O)NC[C@@H]2CCCO2)CC1. The number of likely N-dealkylation sites (N-methyl/N-ethyl adjacent to an activating group) is 1. The van der Waals surface area contributed by atoms with Gasteiger partial charge >= 0.3 is 0 Å². The molecule has 9 nitrogen and oxygen atoms in total. The summed E-state index contributed by atoms with van der Waals surface area (Å²) in [4.78, 5) is 35.5. The molecule has 33 heavy (non-hydrogen) atoms. The number of nitriles is 1. The highest BCUT2D eigenvalue weighted by atomic mass is 16.5. The van der Waals surface area contributed by atoms with E-state index in [4.69, 9.17) is 9.72 Å². The average molecular weight is 451 g/mol. The van der Waals surface area contributed by atoms with E-state index >= 15 is 0 Å². The van der Waals surface area contributed by atoms with Gasteiger partial charge in [-0.05, 0) is 44.0 Å². The minimum atomic E-state index is -0.511. The van der Waals surface area contributed by atoms with Gasteiger partial charge in [0.25, 0.3) is 11.5 Å². The zero-order chi connectivity index (χ0) is 23.4. The summed E-state index contributed by atoms with van der Waals surface area (Å²) in [5.41, 5.74) is 1.30. The number of ether oxygens (including phenoxy) is 1. The molecule has 2 aliphatic rings. The van der Waals surface area contributed by atoms with E-state index in [1.807, 2.05) is 19.1 Å². The van der Waals surface area contributed by atoms with Crippen LogP contribution < -0.4 is 15.8 Å². The molecule has 174 valence electrons. The minimum absolute atomic E-state index is 0.0322. The fraction of sp³-hybridized carbons (Fsp3) is 0.500. The molecule has 0 saturated carbocycles. The number of anilines is 1. The zero-order valence-corrected chi connectivity index (χ0v) is 19.2. The zero-order valence-electron chi connectivity index (χ0n) is 19.2. The van der Waals surface area contributed by atoms with Crippen molar-refractivity contribution in [1.82, 2.24) is 19.6 Å². The van der Waals surface area contributed by atoms with Gasteiger partial charge in [-0.25, -0.2) is 4.98 Å². The van der Waals surface area contributed by atoms with Crippen molar-refractivity contribution in [3.05, 3.63) is 45.4 Å². The highest BCUT2D eigenvalue weighted by Gasteiger charge is 2.24. The van der Waals surface area contributed by atoms with Crippen molar-refractivity contribution in [2.45, 2.75) is 32.8 Å². The molecule has 1 atom stereocenters. The lowest BCUT2D eigenvalue weighted by Gasteiger charge is -2.35. The van der Waals surface area contributed by atoms with Gasteiger partial charge in [0, 0.05) is 45.5 Å². The van der Waals surface area contributed by atoms with Crippen LogP contribution in [0.2, 0.25) is 0 Å². The van der Waals surface area contributed by atoms with Crippen LogP contribution in [-0.4, -0.2) is 72.2 Å². The quantitative estimate of drug-likeness (QED) is 0.523. The number of piperazine rings is 1. The standard InChI is InChI=1S/C24H30N6O3/c1-3-28-9-11-29(12-10-28)22-20(24(32)30-8-4-6-17(2)21(30)27-22)14-18(15-25)23(31)26-16-19-7-5-13-33-19/h4,6,8,14,19H,3,5,7,9-13,16H2,1-2H3,(H,26,31)/b18-14+/t19-/m0/s1. The molecule has 2 fully saturated rings. The van der Waals surface area contributed by atoms with Crippen LogP contribution in [-0.2, 0) is 9.53 Å². The van der Waals surface area contributed by atoms with Crippen molar-refractivity contribution in [2.24, 2.45) is 0 Å². The summed E-state index contributed by atoms with van der Waals surface area (Å²) in [6.45, 7) is 9.21. The van der Waals surface area contributed by atoms with E-state index in [0.717, 1.165) is 51.1 Å². The Bertz CT molecular complexity index is 1150. The molecule has 0 spiro atoms. The first kappa shape index (κ1) is 23.0. The van der Waals surface area contributed by atoms with Gasteiger partial charge in [0.05, 0.1) is 11.7 Å². The van der Waals surface area contributed by atoms with Gasteiger partial charge < -0.3 is 19.9 Å². The Labute approximate surface area is 193 Å². The summed E-state index contributed by atoms with van der Waals surface area (Å²) in [5.74, 6) is 0.00761. The molecule has 1 N–H and O–H groups in total. The van der Waals surface area contributed by atoms with E-state index in [0.29, 0.717) is 24.6 Å². The Morgan fingerprint density at radius 2 is 2.15 bits per heavy atom. The predicted octanol–water partition coefficient (Wildman–Crippen LogP) is 1.35. The fourth-order valence-corrected chi connectivity index (χ4v) is 4.34. The summed E-state index contributed by atoms with van der Waals surface area (Å²) in [5, 5.41) is 12.5. The van der Waals surface area contributed by atoms with Gasteiger partial charge in [-0.1, -0.05) is 13.0 Å². The molecule has 2 aromatic rings. The molecule has 4 rings (SSSR count). The van der Waals surface area contributed by atoms with Crippen LogP contribution in [0.1, 0.15) is 30.9 Å². The maximum absolute atomic E-state index is 13.5. The fourth-order valence-electron chi connectivity index (χ4n) is 4.34. The Morgan fingerprint density at radius 3 is 2.82 bits per heavy atom. The molecule has 0 aromatic carbocycles. The molecule has 4 heterocycles. The number of carbonyl (C=O) groups excluding carboxylic acids is 1. The topological polar surface area (TPSA) is 103 Å². The molecule has 1 amide bonds. The number of hydrogen-bond acceptors (Lipinski definition) is 7.